The van der Waals surface area contributed by atoms with Gasteiger partial charge in [0.2, 0.25) is 47.3 Å². The Morgan fingerprint density at radius 2 is 0.798 bits per heavy atom. The number of aliphatic carboxylic acids is 1. The lowest BCUT2D eigenvalue weighted by Crippen LogP contribution is -2.62. The molecular weight excluding hydrogens is 1150 g/mol. The Bertz CT molecular complexity index is 2990. The van der Waals surface area contributed by atoms with Gasteiger partial charge in [0.05, 0.1) is 37.0 Å². The van der Waals surface area contributed by atoms with Crippen LogP contribution in [-0.4, -0.2) is 173 Å². The average Bonchev–Trinajstić information content (AvgIpc) is 2.01. The third-order valence-electron chi connectivity index (χ3n) is 17.1. The molecule has 472 valence electrons. The molecule has 0 radical (unpaired) electrons. The van der Waals surface area contributed by atoms with E-state index < -0.39 is 84.1 Å². The highest BCUT2D eigenvalue weighted by Crippen LogP contribution is 2.34. The molecule has 4 heterocycles. The van der Waals surface area contributed by atoms with E-state index in [1.165, 1.54) is 0 Å². The van der Waals surface area contributed by atoms with Crippen LogP contribution >= 0.6 is 0 Å². The number of carboxylic acids is 1. The number of carboxylic acid groups (broad SMARTS) is 1. The Kier molecular flexibility index (Phi) is 22.5. The van der Waals surface area contributed by atoms with Crippen molar-refractivity contribution >= 4 is 53.2 Å². The number of halogens is 3. The van der Waals surface area contributed by atoms with Crippen LogP contribution in [0.5, 0.6) is 0 Å². The van der Waals surface area contributed by atoms with Crippen LogP contribution in [0, 0.1) is 0 Å². The van der Waals surface area contributed by atoms with Crippen molar-refractivity contribution in [2.24, 2.45) is 0 Å². The van der Waals surface area contributed by atoms with Crippen molar-refractivity contribution < 1.29 is 61.4 Å². The van der Waals surface area contributed by atoms with Crippen molar-refractivity contribution in [1.82, 2.24) is 51.5 Å². The maximum absolute atomic E-state index is 14.8. The van der Waals surface area contributed by atoms with E-state index in [1.54, 1.807) is 71.8 Å². The minimum Gasteiger partial charge on any atom is -0.475 e. The number of hydrogen-bond acceptors (Lipinski definition) is 11. The molecule has 5 aromatic carbocycles. The minimum absolute atomic E-state index is 0.00744. The first kappa shape index (κ1) is 66.0. The van der Waals surface area contributed by atoms with Gasteiger partial charge in [-0.25, -0.2) is 4.79 Å². The van der Waals surface area contributed by atoms with E-state index in [0.717, 1.165) is 22.3 Å². The lowest BCUT2D eigenvalue weighted by atomic mass is 9.98. The van der Waals surface area contributed by atoms with Crippen molar-refractivity contribution in [1.29, 1.82) is 0 Å². The second-order valence-corrected chi connectivity index (χ2v) is 22.9. The van der Waals surface area contributed by atoms with E-state index in [9.17, 15) is 51.5 Å². The van der Waals surface area contributed by atoms with E-state index in [2.05, 4.69) is 31.9 Å². The monoisotopic (exact) mass is 1230 g/mol. The van der Waals surface area contributed by atoms with Crippen LogP contribution in [0.4, 0.5) is 13.2 Å². The summed E-state index contributed by atoms with van der Waals surface area (Å²) in [6, 6.07) is 39.2. The fourth-order valence-electron chi connectivity index (χ4n) is 11.9. The lowest BCUT2D eigenvalue weighted by molar-refractivity contribution is -0.192. The van der Waals surface area contributed by atoms with Gasteiger partial charge in [0, 0.05) is 38.3 Å². The van der Waals surface area contributed by atoms with Gasteiger partial charge in [-0.3, -0.25) is 38.4 Å². The SMILES string of the molecule is CN[C@@H](C)C(=O)N[C@H]1CN(C(=O)Cc2ccc(CC(=O)N3CC[C@H]4CC[C@@H](C(=O)NC(c5ccccc5)c5ccccc5)N4C(=O)[C@@H](NC(=O)[C@H](C)NC)C3)cc2)CC[C@H]2CC[C@@H](C(=O)NC(c3ccccc3)c3ccccc3)N2C1=O.O=C(O)C(F)(F)F. The second kappa shape index (κ2) is 30.3. The van der Waals surface area contributed by atoms with Gasteiger partial charge < -0.3 is 56.6 Å². The van der Waals surface area contributed by atoms with Gasteiger partial charge in [0.15, 0.2) is 0 Å². The van der Waals surface area contributed by atoms with Crippen LogP contribution in [0.3, 0.4) is 0 Å². The number of rotatable bonds is 18. The smallest absolute Gasteiger partial charge is 0.475 e. The highest BCUT2D eigenvalue weighted by Gasteiger charge is 2.48. The Hall–Kier alpha value is -8.96. The van der Waals surface area contributed by atoms with Gasteiger partial charge >= 0.3 is 12.1 Å². The van der Waals surface area contributed by atoms with Crippen LogP contribution in [0.15, 0.2) is 146 Å². The predicted molar refractivity (Wildman–Crippen MR) is 324 cm³/mol. The van der Waals surface area contributed by atoms with Gasteiger partial charge in [-0.05, 0) is 99.8 Å². The third-order valence-corrected chi connectivity index (χ3v) is 17.1. The second-order valence-electron chi connectivity index (χ2n) is 22.9. The first-order valence-corrected chi connectivity index (χ1v) is 30.0. The number of fused-ring (bicyclic) bond motifs is 2. The zero-order chi connectivity index (χ0) is 63.9. The van der Waals surface area contributed by atoms with Gasteiger partial charge in [-0.1, -0.05) is 146 Å². The standard InChI is InChI=1S/C64H76N10O8.C2HF3O2/c1-41(65-3)59(77)67-51-39-71(35-33-49-29-31-53(73(49)63(51)81)61(79)69-57(45-17-9-5-10-18-45)46-19-11-6-12-20-46)55(75)37-43-25-27-44(28-26-43)38-56(76)72-36-34-50-30-32-54(74(50)64(82)52(40-72)68-60(78)42(2)66-4)62(80)70-58(47-21-13-7-14-22-47)48-23-15-8-16-24-48;3-2(4,5)1(6)7/h5-28,41-42,49-54,57-58,65-66H,29-40H2,1-4H3,(H,67,77)(H,68,78)(H,69,79)(H,70,80);(H,6,7)/t41-,42-,49+,50+,51-,52-,53-,54-;/m0./s1. The van der Waals surface area contributed by atoms with Crippen LogP contribution in [-0.2, 0) is 56.0 Å². The van der Waals surface area contributed by atoms with Crippen LogP contribution in [0.25, 0.3) is 0 Å². The summed E-state index contributed by atoms with van der Waals surface area (Å²) in [6.45, 7) is 3.76. The molecule has 5 aromatic rings. The molecule has 89 heavy (non-hydrogen) atoms. The van der Waals surface area contributed by atoms with Crippen molar-refractivity contribution in [3.05, 3.63) is 179 Å². The molecule has 7 N–H and O–H groups in total. The molecule has 4 aliphatic rings. The number of nitrogens with one attached hydrogen (secondary N) is 6. The molecule has 9 rings (SSSR count). The van der Waals surface area contributed by atoms with Crippen LogP contribution in [0.1, 0.15) is 97.8 Å². The minimum atomic E-state index is -5.08. The van der Waals surface area contributed by atoms with Crippen molar-refractivity contribution in [2.45, 2.75) is 132 Å². The summed E-state index contributed by atoms with van der Waals surface area (Å²) >= 11 is 0. The van der Waals surface area contributed by atoms with Crippen LogP contribution in [0.2, 0.25) is 0 Å². The third kappa shape index (κ3) is 16.8. The van der Waals surface area contributed by atoms with Gasteiger partial charge in [0.25, 0.3) is 0 Å². The highest BCUT2D eigenvalue weighted by atomic mass is 19.4. The molecule has 0 unspecified atom stereocenters. The highest BCUT2D eigenvalue weighted by molar-refractivity contribution is 5.96. The molecule has 8 atom stereocenters. The normalized spacial score (nSPS) is 20.9. The Labute approximate surface area is 515 Å². The number of carbonyl (C=O) groups is 9. The van der Waals surface area contributed by atoms with E-state index in [1.807, 2.05) is 121 Å². The van der Waals surface area contributed by atoms with E-state index in [4.69, 9.17) is 9.90 Å². The molecule has 0 spiro atoms. The number of likely N-dealkylation sites (N-methyl/N-ethyl adjacent to an activating group) is 2. The summed E-state index contributed by atoms with van der Waals surface area (Å²) in [6.07, 6.45) is -2.29. The maximum atomic E-state index is 14.8. The summed E-state index contributed by atoms with van der Waals surface area (Å²) < 4.78 is 31.7. The molecule has 23 heteroatoms. The van der Waals surface area contributed by atoms with E-state index in [0.29, 0.717) is 62.7 Å². The molecule has 0 saturated carbocycles. The molecular formula is C66H77F3N10O10. The molecule has 4 saturated heterocycles. The topological polar surface area (TPSA) is 259 Å². The Balaban J connectivity index is 0.00000138. The number of nitrogens with zero attached hydrogens (tertiary/aromatic N) is 4. The molecule has 8 amide bonds. The molecule has 4 aliphatic heterocycles. The Morgan fingerprint density at radius 3 is 1.08 bits per heavy atom. The molecule has 0 aromatic heterocycles. The summed E-state index contributed by atoms with van der Waals surface area (Å²) in [4.78, 5) is 129. The largest absolute Gasteiger partial charge is 0.490 e. The van der Waals surface area contributed by atoms with Gasteiger partial charge in [0.1, 0.15) is 24.2 Å². The predicted octanol–water partition coefficient (Wildman–Crippen LogP) is 4.59. The van der Waals surface area contributed by atoms with Gasteiger partial charge in [-0.15, -0.1) is 0 Å². The molecule has 0 bridgehead atoms. The summed E-state index contributed by atoms with van der Waals surface area (Å²) in [7, 11) is 3.29. The zero-order valence-electron chi connectivity index (χ0n) is 50.2. The van der Waals surface area contributed by atoms with Gasteiger partial charge in [-0.2, -0.15) is 13.2 Å². The van der Waals surface area contributed by atoms with Crippen LogP contribution < -0.4 is 31.9 Å². The molecule has 0 aliphatic carbocycles. The number of amides is 8. The quantitative estimate of drug-likeness (QED) is 0.0636. The fourth-order valence-corrected chi connectivity index (χ4v) is 11.9. The van der Waals surface area contributed by atoms with Crippen molar-refractivity contribution in [2.75, 3.05) is 40.3 Å². The Morgan fingerprint density at radius 1 is 0.494 bits per heavy atom. The average molecular weight is 1230 g/mol. The zero-order valence-corrected chi connectivity index (χ0v) is 50.2. The van der Waals surface area contributed by atoms with E-state index in [-0.39, 0.29) is 61.6 Å². The van der Waals surface area contributed by atoms with Crippen molar-refractivity contribution in [3.8, 4) is 0 Å². The number of benzene rings is 5. The molecule has 4 fully saturated rings. The fraction of sp³-hybridized carbons (Fsp3) is 0.409. The first-order chi connectivity index (χ1) is 42.6. The summed E-state index contributed by atoms with van der Waals surface area (Å²) in [5.74, 6) is -5.50. The lowest BCUT2D eigenvalue weighted by Gasteiger charge is -2.39. The van der Waals surface area contributed by atoms with Crippen molar-refractivity contribution in [3.63, 3.8) is 0 Å². The maximum Gasteiger partial charge on any atom is 0.490 e. The summed E-state index contributed by atoms with van der Waals surface area (Å²) in [5, 5.41) is 25.2. The first-order valence-electron chi connectivity index (χ1n) is 30.0. The molecule has 20 nitrogen and oxygen atoms in total. The number of carbonyl (C=O) groups excluding carboxylic acids is 8. The number of hydrogen-bond donors (Lipinski definition) is 7. The van der Waals surface area contributed by atoms with E-state index >= 15 is 0 Å². The number of alkyl halides is 3. The summed E-state index contributed by atoms with van der Waals surface area (Å²) in [5.41, 5.74) is 4.96.